The summed E-state index contributed by atoms with van der Waals surface area (Å²) in [6.07, 6.45) is -0.785. The molecule has 3 aromatic rings. The maximum absolute atomic E-state index is 12.1. The van der Waals surface area contributed by atoms with Gasteiger partial charge in [-0.15, -0.1) is 0 Å². The second-order valence-corrected chi connectivity index (χ2v) is 7.27. The molecule has 0 unspecified atom stereocenters. The fraction of sp³-hybridized carbons (Fsp3) is 0.273. The number of ether oxygens (including phenoxy) is 2. The molecule has 0 spiro atoms. The van der Waals surface area contributed by atoms with Crippen LogP contribution in [0.5, 0.6) is 0 Å². The first kappa shape index (κ1) is 17.5. The van der Waals surface area contributed by atoms with Gasteiger partial charge in [0, 0.05) is 29.0 Å². The number of nitrogens with zero attached hydrogens (tertiary/aromatic N) is 1. The zero-order valence-corrected chi connectivity index (χ0v) is 15.9. The molecule has 4 rings (SSSR count). The normalized spacial score (nSPS) is 17.1. The molecule has 0 saturated carbocycles. The Morgan fingerprint density at radius 1 is 1.07 bits per heavy atom. The minimum atomic E-state index is -0.514. The maximum atomic E-state index is 12.1. The van der Waals surface area contributed by atoms with Crippen molar-refractivity contribution in [2.24, 2.45) is 0 Å². The van der Waals surface area contributed by atoms with Gasteiger partial charge in [-0.05, 0) is 11.6 Å². The van der Waals surface area contributed by atoms with E-state index in [0.717, 1.165) is 27.7 Å². The average molecular weight is 362 g/mol. The van der Waals surface area contributed by atoms with Crippen molar-refractivity contribution in [3.8, 4) is 11.3 Å². The van der Waals surface area contributed by atoms with Gasteiger partial charge in [-0.3, -0.25) is 5.32 Å². The molecule has 1 heterocycles. The molecule has 1 aliphatic rings. The molecule has 1 aliphatic carbocycles. The molecule has 0 bridgehead atoms. The van der Waals surface area contributed by atoms with Gasteiger partial charge in [0.25, 0.3) is 0 Å². The molecular weight excluding hydrogens is 340 g/mol. The number of benzene rings is 2. The van der Waals surface area contributed by atoms with Crippen LogP contribution in [0.2, 0.25) is 0 Å². The molecule has 0 saturated heterocycles. The molecule has 138 valence electrons. The van der Waals surface area contributed by atoms with Crippen LogP contribution in [0.3, 0.4) is 0 Å². The topological polar surface area (TPSA) is 60.5 Å². The first-order valence-electron chi connectivity index (χ1n) is 8.89. The van der Waals surface area contributed by atoms with E-state index in [1.165, 1.54) is 12.7 Å². The van der Waals surface area contributed by atoms with E-state index in [4.69, 9.17) is 14.5 Å². The third-order valence-corrected chi connectivity index (χ3v) is 5.37. The molecule has 1 aromatic heterocycles. The van der Waals surface area contributed by atoms with Gasteiger partial charge in [-0.2, -0.15) is 0 Å². The van der Waals surface area contributed by atoms with E-state index in [-0.39, 0.29) is 11.5 Å². The van der Waals surface area contributed by atoms with Crippen molar-refractivity contribution >= 4 is 22.7 Å². The number of hydrogen-bond acceptors (Lipinski definition) is 4. The van der Waals surface area contributed by atoms with E-state index >= 15 is 0 Å². The Morgan fingerprint density at radius 2 is 1.78 bits per heavy atom. The second kappa shape index (κ2) is 6.35. The van der Waals surface area contributed by atoms with E-state index in [1.54, 1.807) is 7.11 Å². The minimum Gasteiger partial charge on any atom is -0.453 e. The van der Waals surface area contributed by atoms with Gasteiger partial charge in [0.2, 0.25) is 0 Å². The Bertz CT molecular complexity index is 1040. The number of rotatable bonds is 2. The number of nitrogens with one attached hydrogen (secondary N) is 1. The number of hydrogen-bond donors (Lipinski definition) is 1. The third-order valence-electron chi connectivity index (χ3n) is 5.37. The Balaban J connectivity index is 2.13. The number of aromatic nitrogens is 1. The van der Waals surface area contributed by atoms with Crippen LogP contribution in [0.1, 0.15) is 31.1 Å². The van der Waals surface area contributed by atoms with Crippen LogP contribution in [0, 0.1) is 0 Å². The van der Waals surface area contributed by atoms with E-state index in [9.17, 15) is 4.79 Å². The number of pyridine rings is 1. The van der Waals surface area contributed by atoms with Gasteiger partial charge in [0.1, 0.15) is 0 Å². The van der Waals surface area contributed by atoms with Gasteiger partial charge >= 0.3 is 6.09 Å². The van der Waals surface area contributed by atoms with Crippen molar-refractivity contribution in [2.45, 2.75) is 25.4 Å². The van der Waals surface area contributed by atoms with Crippen molar-refractivity contribution in [2.75, 3.05) is 19.5 Å². The molecule has 27 heavy (non-hydrogen) atoms. The molecule has 1 atom stereocenters. The largest absolute Gasteiger partial charge is 0.453 e. The molecule has 2 aromatic carbocycles. The summed E-state index contributed by atoms with van der Waals surface area (Å²) in [5.74, 6) is 0. The standard InChI is InChI=1S/C22H22N2O3/c1-22(2)15-11-7-5-9-13(15)18-17(20(22)26-3)19(24-21(25)27-4)14-10-6-8-12-16(14)23-18/h5-12,20H,1-4H3,(H,23,24,25)/t20-/m0/s1. The van der Waals surface area contributed by atoms with Crippen molar-refractivity contribution < 1.29 is 14.3 Å². The quantitative estimate of drug-likeness (QED) is 0.692. The van der Waals surface area contributed by atoms with Crippen molar-refractivity contribution in [3.63, 3.8) is 0 Å². The van der Waals surface area contributed by atoms with Gasteiger partial charge < -0.3 is 9.47 Å². The third kappa shape index (κ3) is 2.58. The second-order valence-electron chi connectivity index (χ2n) is 7.27. The summed E-state index contributed by atoms with van der Waals surface area (Å²) in [6, 6.07) is 16.0. The monoisotopic (exact) mass is 362 g/mol. The maximum Gasteiger partial charge on any atom is 0.411 e. The van der Waals surface area contributed by atoms with E-state index in [1.807, 2.05) is 36.4 Å². The molecule has 0 fully saturated rings. The van der Waals surface area contributed by atoms with E-state index < -0.39 is 6.09 Å². The number of para-hydroxylation sites is 1. The lowest BCUT2D eigenvalue weighted by Gasteiger charge is -2.41. The molecule has 5 heteroatoms. The molecule has 0 radical (unpaired) electrons. The van der Waals surface area contributed by atoms with Crippen LogP contribution >= 0.6 is 0 Å². The van der Waals surface area contributed by atoms with Crippen LogP contribution in [0.15, 0.2) is 48.5 Å². The molecular formula is C22H22N2O3. The number of fused-ring (bicyclic) bond motifs is 4. The number of carbonyl (C=O) groups is 1. The predicted octanol–water partition coefficient (Wildman–Crippen LogP) is 5.06. The predicted molar refractivity (Wildman–Crippen MR) is 106 cm³/mol. The fourth-order valence-electron chi connectivity index (χ4n) is 4.14. The molecule has 1 amide bonds. The highest BCUT2D eigenvalue weighted by Crippen LogP contribution is 2.53. The van der Waals surface area contributed by atoms with Crippen molar-refractivity contribution in [1.82, 2.24) is 4.98 Å². The summed E-state index contributed by atoms with van der Waals surface area (Å²) in [5.41, 5.74) is 5.16. The first-order chi connectivity index (χ1) is 13.0. The average Bonchev–Trinajstić information content (AvgIpc) is 2.68. The zero-order valence-electron chi connectivity index (χ0n) is 15.9. The summed E-state index contributed by atoms with van der Waals surface area (Å²) < 4.78 is 10.8. The number of anilines is 1. The van der Waals surface area contributed by atoms with Crippen LogP contribution in [-0.4, -0.2) is 25.3 Å². The van der Waals surface area contributed by atoms with Crippen LogP contribution in [-0.2, 0) is 14.9 Å². The summed E-state index contributed by atoms with van der Waals surface area (Å²) in [6.45, 7) is 4.31. The van der Waals surface area contributed by atoms with Gasteiger partial charge in [0.15, 0.2) is 0 Å². The lowest BCUT2D eigenvalue weighted by atomic mass is 9.68. The van der Waals surface area contributed by atoms with Gasteiger partial charge in [-0.1, -0.05) is 56.3 Å². The summed E-state index contributed by atoms with van der Waals surface area (Å²) >= 11 is 0. The first-order valence-corrected chi connectivity index (χ1v) is 8.89. The Labute approximate surface area is 158 Å². The number of carbonyl (C=O) groups excluding carboxylic acids is 1. The van der Waals surface area contributed by atoms with Crippen LogP contribution < -0.4 is 5.32 Å². The smallest absolute Gasteiger partial charge is 0.411 e. The Hall–Kier alpha value is -2.92. The highest BCUT2D eigenvalue weighted by atomic mass is 16.5. The Morgan fingerprint density at radius 3 is 2.52 bits per heavy atom. The van der Waals surface area contributed by atoms with Gasteiger partial charge in [-0.25, -0.2) is 9.78 Å². The summed E-state index contributed by atoms with van der Waals surface area (Å²) in [4.78, 5) is 17.1. The van der Waals surface area contributed by atoms with Crippen LogP contribution in [0.4, 0.5) is 10.5 Å². The molecule has 5 nitrogen and oxygen atoms in total. The number of amides is 1. The molecule has 0 aliphatic heterocycles. The lowest BCUT2D eigenvalue weighted by molar-refractivity contribution is 0.0438. The SMILES string of the molecule is COC(=O)Nc1c2c(nc3ccccc13)-c1ccccc1C(C)(C)[C@H]2OC. The molecule has 1 N–H and O–H groups in total. The highest BCUT2D eigenvalue weighted by molar-refractivity contribution is 6.03. The number of methoxy groups -OCH3 is 2. The van der Waals surface area contributed by atoms with Gasteiger partial charge in [0.05, 0.1) is 30.1 Å². The highest BCUT2D eigenvalue weighted by Gasteiger charge is 2.43. The van der Waals surface area contributed by atoms with E-state index in [2.05, 4.69) is 31.3 Å². The fourth-order valence-corrected chi connectivity index (χ4v) is 4.14. The van der Waals surface area contributed by atoms with E-state index in [0.29, 0.717) is 5.69 Å². The zero-order chi connectivity index (χ0) is 19.2. The lowest BCUT2D eigenvalue weighted by Crippen LogP contribution is -2.34. The minimum absolute atomic E-state index is 0.272. The summed E-state index contributed by atoms with van der Waals surface area (Å²) in [5, 5.41) is 3.77. The summed E-state index contributed by atoms with van der Waals surface area (Å²) in [7, 11) is 3.06. The van der Waals surface area contributed by atoms with Crippen molar-refractivity contribution in [1.29, 1.82) is 0 Å². The van der Waals surface area contributed by atoms with Crippen molar-refractivity contribution in [3.05, 3.63) is 59.7 Å². The van der Waals surface area contributed by atoms with Crippen LogP contribution in [0.25, 0.3) is 22.2 Å². The Kier molecular flexibility index (Phi) is 4.12.